The lowest BCUT2D eigenvalue weighted by Crippen LogP contribution is -2.40. The third-order valence-corrected chi connectivity index (χ3v) is 7.78. The Morgan fingerprint density at radius 2 is 1.88 bits per heavy atom. The van der Waals surface area contributed by atoms with Gasteiger partial charge in [-0.25, -0.2) is 8.42 Å². The van der Waals surface area contributed by atoms with E-state index in [1.165, 1.54) is 4.31 Å². The number of rotatable bonds is 9. The lowest BCUT2D eigenvalue weighted by molar-refractivity contribution is -0.114. The average molecular weight is 489 g/mol. The zero-order chi connectivity index (χ0) is 24.0. The maximum absolute atomic E-state index is 13.2. The van der Waals surface area contributed by atoms with Crippen molar-refractivity contribution < 1.29 is 22.7 Å². The molecule has 2 saturated heterocycles. The molecule has 2 aliphatic rings. The maximum atomic E-state index is 13.2. The van der Waals surface area contributed by atoms with Crippen molar-refractivity contribution in [2.75, 3.05) is 62.0 Å². The van der Waals surface area contributed by atoms with E-state index in [4.69, 9.17) is 9.47 Å². The normalized spacial score (nSPS) is 19.0. The molecule has 0 aromatic heterocycles. The van der Waals surface area contributed by atoms with Gasteiger partial charge in [0.2, 0.25) is 15.9 Å². The number of anilines is 3. The van der Waals surface area contributed by atoms with Crippen LogP contribution in [0.2, 0.25) is 0 Å². The highest BCUT2D eigenvalue weighted by atomic mass is 32.2. The summed E-state index contributed by atoms with van der Waals surface area (Å²) in [6, 6.07) is 12.5. The molecule has 2 aromatic carbocycles. The van der Waals surface area contributed by atoms with Gasteiger partial charge in [-0.15, -0.1) is 0 Å². The average Bonchev–Trinajstić information content (AvgIpc) is 3.36. The first-order valence-electron chi connectivity index (χ1n) is 11.6. The first kappa shape index (κ1) is 24.5. The Balaban J connectivity index is 1.49. The van der Waals surface area contributed by atoms with Gasteiger partial charge in [0, 0.05) is 31.9 Å². The van der Waals surface area contributed by atoms with Gasteiger partial charge in [-0.05, 0) is 55.7 Å². The van der Waals surface area contributed by atoms with Crippen LogP contribution in [0.25, 0.3) is 0 Å². The maximum Gasteiger partial charge on any atom is 0.243 e. The highest BCUT2D eigenvalue weighted by Gasteiger charge is 2.27. The van der Waals surface area contributed by atoms with Crippen molar-refractivity contribution in [2.45, 2.75) is 30.8 Å². The van der Waals surface area contributed by atoms with Crippen LogP contribution in [-0.4, -0.2) is 70.7 Å². The quantitative estimate of drug-likeness (QED) is 0.498. The molecule has 0 aliphatic carbocycles. The van der Waals surface area contributed by atoms with Crippen LogP contribution in [0.15, 0.2) is 47.4 Å². The number of nitrogens with one attached hydrogen (secondary N) is 3. The molecule has 2 fully saturated rings. The summed E-state index contributed by atoms with van der Waals surface area (Å²) in [7, 11) is -3.66. The number of benzene rings is 2. The van der Waals surface area contributed by atoms with Crippen molar-refractivity contribution in [3.05, 3.63) is 48.0 Å². The molecule has 34 heavy (non-hydrogen) atoms. The molecule has 0 bridgehead atoms. The van der Waals surface area contributed by atoms with Crippen LogP contribution in [0.1, 0.15) is 18.4 Å². The Morgan fingerprint density at radius 1 is 1.06 bits per heavy atom. The van der Waals surface area contributed by atoms with E-state index in [1.807, 2.05) is 31.2 Å². The van der Waals surface area contributed by atoms with Crippen molar-refractivity contribution in [3.8, 4) is 0 Å². The van der Waals surface area contributed by atoms with E-state index in [-0.39, 0.29) is 23.5 Å². The van der Waals surface area contributed by atoms with E-state index in [9.17, 15) is 13.2 Å². The minimum absolute atomic E-state index is 0.0103. The summed E-state index contributed by atoms with van der Waals surface area (Å²) in [6.07, 6.45) is 2.14. The number of hydrogen-bond donors (Lipinski definition) is 3. The predicted octanol–water partition coefficient (Wildman–Crippen LogP) is 2.66. The molecule has 9 nitrogen and oxygen atoms in total. The molecule has 10 heteroatoms. The number of amides is 1. The van der Waals surface area contributed by atoms with Gasteiger partial charge in [0.05, 0.1) is 42.1 Å². The number of hydrogen-bond acceptors (Lipinski definition) is 7. The van der Waals surface area contributed by atoms with Gasteiger partial charge in [-0.3, -0.25) is 4.79 Å². The Labute approximate surface area is 200 Å². The molecule has 3 N–H and O–H groups in total. The smallest absolute Gasteiger partial charge is 0.243 e. The first-order chi connectivity index (χ1) is 16.4. The molecule has 0 unspecified atom stereocenters. The number of sulfonamides is 1. The molecule has 184 valence electrons. The van der Waals surface area contributed by atoms with Gasteiger partial charge >= 0.3 is 0 Å². The van der Waals surface area contributed by atoms with E-state index in [0.717, 1.165) is 30.7 Å². The predicted molar refractivity (Wildman–Crippen MR) is 132 cm³/mol. The SMILES string of the molecule is Cc1cccc(NC(=O)CNc2cc(S(=O)(=O)N3CCOCC3)ccc2NC[C@@H]2CCCO2)c1. The molecule has 1 amide bonds. The minimum atomic E-state index is -3.66. The van der Waals surface area contributed by atoms with Gasteiger partial charge in [0.25, 0.3) is 0 Å². The number of ether oxygens (including phenoxy) is 2. The highest BCUT2D eigenvalue weighted by Crippen LogP contribution is 2.28. The van der Waals surface area contributed by atoms with E-state index >= 15 is 0 Å². The molecule has 2 aromatic rings. The van der Waals surface area contributed by atoms with Gasteiger partial charge in [0.1, 0.15) is 0 Å². The molecule has 2 aliphatic heterocycles. The molecule has 4 rings (SSSR count). The minimum Gasteiger partial charge on any atom is -0.381 e. The number of morpholine rings is 1. The summed E-state index contributed by atoms with van der Waals surface area (Å²) in [4.78, 5) is 12.7. The van der Waals surface area contributed by atoms with Crippen LogP contribution in [0.3, 0.4) is 0 Å². The zero-order valence-corrected chi connectivity index (χ0v) is 20.2. The lowest BCUT2D eigenvalue weighted by atomic mass is 10.2. The Hall–Kier alpha value is -2.66. The second kappa shape index (κ2) is 11.2. The van der Waals surface area contributed by atoms with Crippen LogP contribution < -0.4 is 16.0 Å². The largest absolute Gasteiger partial charge is 0.381 e. The van der Waals surface area contributed by atoms with Crippen molar-refractivity contribution in [2.24, 2.45) is 0 Å². The Bertz CT molecular complexity index is 1100. The molecule has 0 radical (unpaired) electrons. The second-order valence-corrected chi connectivity index (χ2v) is 10.4. The van der Waals surface area contributed by atoms with Gasteiger partial charge in [-0.1, -0.05) is 12.1 Å². The van der Waals surface area contributed by atoms with Gasteiger partial charge in [0.15, 0.2) is 0 Å². The summed E-state index contributed by atoms with van der Waals surface area (Å²) >= 11 is 0. The van der Waals surface area contributed by atoms with Crippen LogP contribution in [0.5, 0.6) is 0 Å². The first-order valence-corrected chi connectivity index (χ1v) is 13.0. The van der Waals surface area contributed by atoms with Crippen LogP contribution >= 0.6 is 0 Å². The van der Waals surface area contributed by atoms with Crippen LogP contribution in [0.4, 0.5) is 17.1 Å². The number of carbonyl (C=O) groups is 1. The van der Waals surface area contributed by atoms with Crippen molar-refractivity contribution in [3.63, 3.8) is 0 Å². The van der Waals surface area contributed by atoms with E-state index in [0.29, 0.717) is 44.2 Å². The number of aryl methyl sites for hydroxylation is 1. The molecule has 1 atom stereocenters. The molecule has 2 heterocycles. The zero-order valence-electron chi connectivity index (χ0n) is 19.4. The summed E-state index contributed by atoms with van der Waals surface area (Å²) in [5, 5.41) is 9.33. The van der Waals surface area contributed by atoms with E-state index in [1.54, 1.807) is 18.2 Å². The third-order valence-electron chi connectivity index (χ3n) is 5.88. The Morgan fingerprint density at radius 3 is 2.62 bits per heavy atom. The van der Waals surface area contributed by atoms with Crippen LogP contribution in [0, 0.1) is 6.92 Å². The standard InChI is InChI=1S/C24H32N4O5S/c1-18-4-2-5-19(14-18)27-24(29)17-26-23-15-21(34(30,31)28-9-12-32-13-10-28)7-8-22(23)25-16-20-6-3-11-33-20/h2,4-5,7-8,14-15,20,25-26H,3,6,9-13,16-17H2,1H3,(H,27,29)/t20-/m0/s1. The number of carbonyl (C=O) groups excluding carboxylic acids is 1. The van der Waals surface area contributed by atoms with E-state index in [2.05, 4.69) is 16.0 Å². The molecular weight excluding hydrogens is 456 g/mol. The fraction of sp³-hybridized carbons (Fsp3) is 0.458. The topological polar surface area (TPSA) is 109 Å². The van der Waals surface area contributed by atoms with Crippen molar-refractivity contribution in [1.29, 1.82) is 0 Å². The van der Waals surface area contributed by atoms with Crippen LogP contribution in [-0.2, 0) is 24.3 Å². The summed E-state index contributed by atoms with van der Waals surface area (Å²) in [5.41, 5.74) is 3.03. The van der Waals surface area contributed by atoms with E-state index < -0.39 is 10.0 Å². The van der Waals surface area contributed by atoms with Crippen molar-refractivity contribution >= 4 is 33.0 Å². The lowest BCUT2D eigenvalue weighted by Gasteiger charge is -2.26. The molecule has 0 saturated carbocycles. The molecule has 0 spiro atoms. The monoisotopic (exact) mass is 488 g/mol. The fourth-order valence-electron chi connectivity index (χ4n) is 4.05. The van der Waals surface area contributed by atoms with Gasteiger partial charge < -0.3 is 25.4 Å². The van der Waals surface area contributed by atoms with Gasteiger partial charge in [-0.2, -0.15) is 4.31 Å². The highest BCUT2D eigenvalue weighted by molar-refractivity contribution is 7.89. The fourth-order valence-corrected chi connectivity index (χ4v) is 5.49. The summed E-state index contributed by atoms with van der Waals surface area (Å²) in [5.74, 6) is -0.225. The van der Waals surface area contributed by atoms with Crippen molar-refractivity contribution in [1.82, 2.24) is 4.31 Å². The summed E-state index contributed by atoms with van der Waals surface area (Å²) < 4.78 is 38.7. The summed E-state index contributed by atoms with van der Waals surface area (Å²) in [6.45, 7) is 4.72. The Kier molecular flexibility index (Phi) is 8.04. The second-order valence-electron chi connectivity index (χ2n) is 8.51. The third kappa shape index (κ3) is 6.26. The number of nitrogens with zero attached hydrogens (tertiary/aromatic N) is 1. The molecular formula is C24H32N4O5S.